The van der Waals surface area contributed by atoms with Gasteiger partial charge in [0.2, 0.25) is 0 Å². The van der Waals surface area contributed by atoms with Crippen molar-refractivity contribution in [1.29, 1.82) is 0 Å². The van der Waals surface area contributed by atoms with E-state index >= 15 is 0 Å². The molecule has 0 heterocycles. The summed E-state index contributed by atoms with van der Waals surface area (Å²) in [6, 6.07) is 0. The Kier molecular flexibility index (Phi) is 79.8. The smallest absolute Gasteiger partial charge is 0.124 e. The lowest BCUT2D eigenvalue weighted by Gasteiger charge is -0.701. The molecular formula is C9H22. The average molecular weight is 146 g/mol. The SMILES string of the molecule is C.C.[3HH].[3H]C#C.[3H]C#C.[3H]C#C.[3H]C[3H].[3H][3H]. The Balaban J connectivity index is -0.00000000957. The first-order chi connectivity index (χ1) is 6.66. The van der Waals surface area contributed by atoms with Gasteiger partial charge in [-0.1, -0.05) is 22.2 Å². The largest absolute Gasteiger partial charge is 0.124 e. The van der Waals surface area contributed by atoms with Crippen LogP contribution in [-0.2, 0) is 0 Å². The highest BCUT2D eigenvalue weighted by molar-refractivity contribution is 4.47. The van der Waals surface area contributed by atoms with Crippen LogP contribution in [-0.4, -0.2) is 0 Å². The van der Waals surface area contributed by atoms with Gasteiger partial charge in [-0.3, -0.25) is 0 Å². The highest BCUT2D eigenvalue weighted by atomic mass is 12.6. The van der Waals surface area contributed by atoms with Gasteiger partial charge in [0.25, 0.3) is 0 Å². The third-order valence-electron chi connectivity index (χ3n) is 0. The maximum atomic E-state index is 5.88. The second-order valence-corrected chi connectivity index (χ2v) is 0. The molecule has 0 saturated carbocycles. The zero-order chi connectivity index (χ0) is 12.8. The first kappa shape index (κ1) is 5.81. The molecule has 0 amide bonds. The fourth-order valence-corrected chi connectivity index (χ4v) is 0. The monoisotopic (exact) mass is 146 g/mol. The molecule has 0 saturated heterocycles. The minimum Gasteiger partial charge on any atom is -0.124 e. The van der Waals surface area contributed by atoms with Crippen molar-refractivity contribution in [2.75, 3.05) is 0 Å². The van der Waals surface area contributed by atoms with Crippen LogP contribution in [0.2, 0.25) is 0 Å². The van der Waals surface area contributed by atoms with E-state index in [0.29, 0.717) is 0 Å². The molecule has 0 heteroatoms. The summed E-state index contributed by atoms with van der Waals surface area (Å²) in [5, 5.41) is 0. The number of hydrogen-bond donors (Lipinski definition) is 0. The van der Waals surface area contributed by atoms with Crippen LogP contribution in [0, 0.1) is 38.5 Å². The summed E-state index contributed by atoms with van der Waals surface area (Å²) in [6.07, 6.45) is 17.3. The summed E-state index contributed by atoms with van der Waals surface area (Å²) >= 11 is 0. The molecule has 0 bridgehead atoms. The van der Waals surface area contributed by atoms with E-state index in [0.717, 1.165) is 0 Å². The molecule has 0 aliphatic rings. The lowest BCUT2D eigenvalue weighted by atomic mass is 11.4. The molecular weight excluding hydrogens is 108 g/mol. The van der Waals surface area contributed by atoms with Gasteiger partial charge in [0, 0.05) is 7.14 Å². The molecule has 0 nitrogen and oxygen atoms in total. The van der Waals surface area contributed by atoms with Gasteiger partial charge in [-0.15, -0.1) is 38.5 Å². The van der Waals surface area contributed by atoms with Gasteiger partial charge >= 0.3 is 0 Å². The van der Waals surface area contributed by atoms with E-state index < -0.39 is 0 Å². The Morgan fingerprint density at radius 2 is 1.11 bits per heavy atom. The molecule has 0 aliphatic heterocycles. The Hall–Kier alpha value is -1.32. The zero-order valence-corrected chi connectivity index (χ0v) is 3.94. The topological polar surface area (TPSA) is 0 Å². The highest BCUT2D eigenvalue weighted by Crippen LogP contribution is 0.583. The molecule has 0 rings (SSSR count). The van der Waals surface area contributed by atoms with Crippen LogP contribution in [0.4, 0.5) is 0 Å². The number of rotatable bonds is 0. The third kappa shape index (κ3) is 84.0. The summed E-state index contributed by atoms with van der Waals surface area (Å²) in [4.78, 5) is 0. The van der Waals surface area contributed by atoms with Crippen molar-refractivity contribution in [2.24, 2.45) is 0 Å². The van der Waals surface area contributed by atoms with Gasteiger partial charge in [0.05, 0.1) is 0 Å². The van der Waals surface area contributed by atoms with Crippen molar-refractivity contribution in [2.45, 2.75) is 22.2 Å². The maximum absolute atomic E-state index is 5.88. The van der Waals surface area contributed by atoms with Crippen molar-refractivity contribution in [3.63, 3.8) is 0 Å². The number of terminal acetylenes is 3. The van der Waals surface area contributed by atoms with Crippen LogP contribution in [0.1, 0.15) is 33.5 Å². The summed E-state index contributed by atoms with van der Waals surface area (Å²) in [5.74, 6) is 0. The zero-order valence-electron chi connectivity index (χ0n) is 10.9. The van der Waals surface area contributed by atoms with Crippen molar-refractivity contribution in [3.8, 4) is 38.5 Å². The molecule has 0 spiro atoms. The first-order valence-corrected chi connectivity index (χ1v) is 0.866. The minimum atomic E-state index is -0.250. The fourth-order valence-electron chi connectivity index (χ4n) is 0. The van der Waals surface area contributed by atoms with E-state index in [1.807, 2.05) is 0 Å². The molecule has 0 aromatic rings. The molecule has 0 unspecified atom stereocenters. The van der Waals surface area contributed by atoms with Crippen LogP contribution in [0.3, 0.4) is 0 Å². The molecule has 0 atom stereocenters. The summed E-state index contributed by atoms with van der Waals surface area (Å²) in [7, 11) is -0.250. The maximum Gasteiger partial charge on any atom is 0.124 e. The lowest BCUT2D eigenvalue weighted by molar-refractivity contribution is 2.50. The fraction of sp³-hybridized carbons (Fsp3) is 0.333. The predicted octanol–water partition coefficient (Wildman–Crippen LogP) is 3.15. The molecule has 0 fully saturated rings. The quantitative estimate of drug-likeness (QED) is 0.461. The molecule has 0 aliphatic carbocycles. The van der Waals surface area contributed by atoms with Crippen molar-refractivity contribution in [1.82, 2.24) is 0 Å². The predicted molar refractivity (Wildman–Crippen MR) is 54.1 cm³/mol. The Bertz CT molecular complexity index is 121. The molecule has 0 aromatic heterocycles. The summed E-state index contributed by atoms with van der Waals surface area (Å²) in [5.41, 5.74) is 0. The molecule has 9 heavy (non-hydrogen) atoms. The van der Waals surface area contributed by atoms with Gasteiger partial charge in [0.1, 0.15) is 4.11 Å². The highest BCUT2D eigenvalue weighted by Gasteiger charge is 0.458. The van der Waals surface area contributed by atoms with E-state index in [1.54, 1.807) is 0 Å². The van der Waals surface area contributed by atoms with Gasteiger partial charge in [-0.2, -0.15) is 0 Å². The second-order valence-electron chi connectivity index (χ2n) is 0. The van der Waals surface area contributed by atoms with Gasteiger partial charge in [0.15, 0.2) is 0 Å². The average Bonchev–Trinajstić information content (AvgIpc) is 2.12. The van der Waals surface area contributed by atoms with E-state index in [4.69, 9.17) is 9.82 Å². The second kappa shape index (κ2) is 124. The van der Waals surface area contributed by atoms with Crippen molar-refractivity contribution < 1.29 is 11.3 Å². The van der Waals surface area contributed by atoms with E-state index in [1.165, 1.54) is 19.2 Å². The normalized spacial score (nSPS) is 6.11. The Labute approximate surface area is 73.3 Å². The van der Waals surface area contributed by atoms with Crippen molar-refractivity contribution >= 4 is 0 Å². The van der Waals surface area contributed by atoms with Crippen LogP contribution in [0.25, 0.3) is 0 Å². The van der Waals surface area contributed by atoms with E-state index in [2.05, 4.69) is 19.3 Å². The lowest BCUT2D eigenvalue weighted by Crippen LogP contribution is -0.576. The molecule has 0 N–H and O–H groups in total. The molecule has 58 valence electrons. The standard InChI is InChI=1S/3C2H2.3CH4.2H2/c3*1-2;;;;;/h3*1-2H;3*1H4;2*1H/i3*1T;1T2;;;1+2T;1+2. The molecule has 0 radical (unpaired) electrons. The van der Waals surface area contributed by atoms with Crippen molar-refractivity contribution in [3.05, 3.63) is 0 Å². The minimum absolute atomic E-state index is 0. The molecule has 0 aromatic carbocycles. The van der Waals surface area contributed by atoms with Crippen LogP contribution < -0.4 is 0 Å². The summed E-state index contributed by atoms with van der Waals surface area (Å²) in [6.45, 7) is 0. The van der Waals surface area contributed by atoms with E-state index in [9.17, 15) is 0 Å². The Morgan fingerprint density at radius 3 is 1.11 bits per heavy atom. The first-order valence-electron chi connectivity index (χ1n) is 4.78. The van der Waals surface area contributed by atoms with Crippen LogP contribution >= 0.6 is 0 Å². The van der Waals surface area contributed by atoms with Crippen LogP contribution in [0.5, 0.6) is 0 Å². The van der Waals surface area contributed by atoms with Gasteiger partial charge in [-0.25, -0.2) is 0 Å². The van der Waals surface area contributed by atoms with E-state index in [-0.39, 0.29) is 23.7 Å². The third-order valence-corrected chi connectivity index (χ3v) is 0. The summed E-state index contributed by atoms with van der Waals surface area (Å²) < 4.78 is 39.0. The Morgan fingerprint density at radius 1 is 1.11 bits per heavy atom. The number of hydrogen-bond acceptors (Lipinski definition) is 0. The van der Waals surface area contributed by atoms with Gasteiger partial charge in [-0.05, 0) is 0 Å². The van der Waals surface area contributed by atoms with Gasteiger partial charge < -0.3 is 0 Å². The van der Waals surface area contributed by atoms with Crippen LogP contribution in [0.15, 0.2) is 0 Å².